The summed E-state index contributed by atoms with van der Waals surface area (Å²) in [6.45, 7) is 0.932. The zero-order valence-corrected chi connectivity index (χ0v) is 17.8. The van der Waals surface area contributed by atoms with E-state index in [4.69, 9.17) is 16.0 Å². The van der Waals surface area contributed by atoms with Gasteiger partial charge in [-0.2, -0.15) is 0 Å². The molecule has 2 N–H and O–H groups in total. The van der Waals surface area contributed by atoms with Gasteiger partial charge in [-0.25, -0.2) is 4.98 Å². The highest BCUT2D eigenvalue weighted by atomic mass is 35.5. The molecular weight excluding hydrogens is 432 g/mol. The number of halogens is 1. The van der Waals surface area contributed by atoms with Crippen LogP contribution in [0.1, 0.15) is 33.8 Å². The van der Waals surface area contributed by atoms with Crippen molar-refractivity contribution in [2.75, 3.05) is 23.7 Å². The van der Waals surface area contributed by atoms with Crippen molar-refractivity contribution in [1.82, 2.24) is 9.88 Å². The maximum Gasteiger partial charge on any atom is 0.291 e. The first-order valence-corrected chi connectivity index (χ1v) is 10.5. The molecule has 0 unspecified atom stereocenters. The lowest BCUT2D eigenvalue weighted by Crippen LogP contribution is -2.41. The summed E-state index contributed by atoms with van der Waals surface area (Å²) < 4.78 is 5.08. The van der Waals surface area contributed by atoms with Crippen LogP contribution in [0.4, 0.5) is 11.5 Å². The van der Waals surface area contributed by atoms with E-state index < -0.39 is 0 Å². The lowest BCUT2D eigenvalue weighted by Gasteiger charge is -2.31. The molecule has 9 heteroatoms. The number of furan rings is 1. The second-order valence-corrected chi connectivity index (χ2v) is 7.87. The standard InChI is InChI=1S/C23H21ClN4O4/c24-17-6-7-20(25-14-17)27-21(29)15-8-10-28(11-9-15)23(31)16-3-1-4-18(13-16)26-22(30)19-5-2-12-32-19/h1-7,12-15H,8-11H2,(H,26,30)(H,25,27,29). The van der Waals surface area contributed by atoms with Gasteiger partial charge in [-0.3, -0.25) is 14.4 Å². The van der Waals surface area contributed by atoms with Crippen molar-refractivity contribution in [3.63, 3.8) is 0 Å². The molecule has 1 saturated heterocycles. The second-order valence-electron chi connectivity index (χ2n) is 7.43. The second kappa shape index (κ2) is 9.65. The smallest absolute Gasteiger partial charge is 0.291 e. The Morgan fingerprint density at radius 3 is 2.53 bits per heavy atom. The van der Waals surface area contributed by atoms with E-state index in [1.54, 1.807) is 53.4 Å². The quantitative estimate of drug-likeness (QED) is 0.607. The zero-order chi connectivity index (χ0) is 22.5. The molecule has 3 amide bonds. The Kier molecular flexibility index (Phi) is 6.51. The van der Waals surface area contributed by atoms with Crippen molar-refractivity contribution in [3.8, 4) is 0 Å². The van der Waals surface area contributed by atoms with Gasteiger partial charge in [0, 0.05) is 36.5 Å². The van der Waals surface area contributed by atoms with Crippen LogP contribution < -0.4 is 10.6 Å². The number of piperidine rings is 1. The van der Waals surface area contributed by atoms with Crippen LogP contribution in [0.15, 0.2) is 65.4 Å². The van der Waals surface area contributed by atoms with Crippen molar-refractivity contribution in [1.29, 1.82) is 0 Å². The average Bonchev–Trinajstić information content (AvgIpc) is 3.36. The first-order chi connectivity index (χ1) is 15.5. The Hall–Kier alpha value is -3.65. The molecule has 3 heterocycles. The molecule has 0 bridgehead atoms. The summed E-state index contributed by atoms with van der Waals surface area (Å²) in [6, 6.07) is 13.3. The maximum atomic E-state index is 12.9. The molecule has 32 heavy (non-hydrogen) atoms. The van der Waals surface area contributed by atoms with E-state index in [9.17, 15) is 14.4 Å². The summed E-state index contributed by atoms with van der Waals surface area (Å²) in [5.41, 5.74) is 0.970. The topological polar surface area (TPSA) is 105 Å². The van der Waals surface area contributed by atoms with E-state index in [1.165, 1.54) is 12.5 Å². The molecule has 0 atom stereocenters. The number of pyridine rings is 1. The molecule has 164 valence electrons. The Morgan fingerprint density at radius 2 is 1.84 bits per heavy atom. The van der Waals surface area contributed by atoms with E-state index in [-0.39, 0.29) is 29.4 Å². The number of carbonyl (C=O) groups is 3. The Morgan fingerprint density at radius 1 is 1.03 bits per heavy atom. The number of amides is 3. The fourth-order valence-electron chi connectivity index (χ4n) is 3.54. The minimum atomic E-state index is -0.387. The van der Waals surface area contributed by atoms with Gasteiger partial charge in [-0.1, -0.05) is 17.7 Å². The van der Waals surface area contributed by atoms with Crippen LogP contribution >= 0.6 is 11.6 Å². The number of rotatable bonds is 5. The molecule has 0 aliphatic carbocycles. The van der Waals surface area contributed by atoms with Gasteiger partial charge in [0.15, 0.2) is 5.76 Å². The van der Waals surface area contributed by atoms with E-state index in [2.05, 4.69) is 15.6 Å². The van der Waals surface area contributed by atoms with Gasteiger partial charge < -0.3 is 20.0 Å². The Bertz CT molecular complexity index is 1110. The molecule has 8 nitrogen and oxygen atoms in total. The Labute approximate surface area is 189 Å². The van der Waals surface area contributed by atoms with Crippen molar-refractivity contribution in [3.05, 3.63) is 77.3 Å². The van der Waals surface area contributed by atoms with Gasteiger partial charge in [-0.05, 0) is 55.3 Å². The third-order valence-electron chi connectivity index (χ3n) is 5.24. The van der Waals surface area contributed by atoms with Crippen molar-refractivity contribution >= 4 is 40.8 Å². The van der Waals surface area contributed by atoms with Crippen LogP contribution in [0.3, 0.4) is 0 Å². The van der Waals surface area contributed by atoms with Crippen molar-refractivity contribution in [2.45, 2.75) is 12.8 Å². The molecule has 4 rings (SSSR count). The fourth-order valence-corrected chi connectivity index (χ4v) is 3.65. The predicted molar refractivity (Wildman–Crippen MR) is 120 cm³/mol. The summed E-state index contributed by atoms with van der Waals surface area (Å²) in [5.74, 6) is -0.203. The summed E-state index contributed by atoms with van der Waals surface area (Å²) in [4.78, 5) is 43.4. The molecule has 1 fully saturated rings. The summed E-state index contributed by atoms with van der Waals surface area (Å²) in [5, 5.41) is 6.01. The molecule has 3 aromatic rings. The van der Waals surface area contributed by atoms with Gasteiger partial charge in [0.05, 0.1) is 11.3 Å². The number of anilines is 2. The number of aromatic nitrogens is 1. The summed E-state index contributed by atoms with van der Waals surface area (Å²) in [6.07, 6.45) is 4.01. The minimum absolute atomic E-state index is 0.116. The van der Waals surface area contributed by atoms with Crippen LogP contribution in [0.2, 0.25) is 5.02 Å². The summed E-state index contributed by atoms with van der Waals surface area (Å²) in [7, 11) is 0. The van der Waals surface area contributed by atoms with E-state index in [0.29, 0.717) is 48.0 Å². The highest BCUT2D eigenvalue weighted by molar-refractivity contribution is 6.30. The van der Waals surface area contributed by atoms with Crippen LogP contribution in [-0.4, -0.2) is 40.7 Å². The van der Waals surface area contributed by atoms with Crippen LogP contribution in [0, 0.1) is 5.92 Å². The highest BCUT2D eigenvalue weighted by Gasteiger charge is 2.28. The highest BCUT2D eigenvalue weighted by Crippen LogP contribution is 2.22. The first kappa shape index (κ1) is 21.6. The van der Waals surface area contributed by atoms with Gasteiger partial charge in [0.2, 0.25) is 5.91 Å². The third kappa shape index (κ3) is 5.15. The van der Waals surface area contributed by atoms with E-state index >= 15 is 0 Å². The van der Waals surface area contributed by atoms with Crippen molar-refractivity contribution < 1.29 is 18.8 Å². The number of nitrogens with one attached hydrogen (secondary N) is 2. The molecule has 1 aliphatic heterocycles. The molecule has 0 spiro atoms. The fraction of sp³-hybridized carbons (Fsp3) is 0.217. The minimum Gasteiger partial charge on any atom is -0.459 e. The molecule has 1 aliphatic rings. The number of hydrogen-bond donors (Lipinski definition) is 2. The molecular formula is C23H21ClN4O4. The van der Waals surface area contributed by atoms with Crippen molar-refractivity contribution in [2.24, 2.45) is 5.92 Å². The molecule has 0 saturated carbocycles. The van der Waals surface area contributed by atoms with Crippen LogP contribution in [-0.2, 0) is 4.79 Å². The first-order valence-electron chi connectivity index (χ1n) is 10.2. The number of benzene rings is 1. The Balaban J connectivity index is 1.32. The SMILES string of the molecule is O=C(Nc1cccc(C(=O)N2CCC(C(=O)Nc3ccc(Cl)cn3)CC2)c1)c1ccco1. The molecule has 1 aromatic carbocycles. The van der Waals surface area contributed by atoms with Gasteiger partial charge >= 0.3 is 0 Å². The zero-order valence-electron chi connectivity index (χ0n) is 17.1. The van der Waals surface area contributed by atoms with E-state index in [1.807, 2.05) is 0 Å². The lowest BCUT2D eigenvalue weighted by molar-refractivity contribution is -0.121. The summed E-state index contributed by atoms with van der Waals surface area (Å²) >= 11 is 5.81. The number of nitrogens with zero attached hydrogens (tertiary/aromatic N) is 2. The normalized spacial score (nSPS) is 14.1. The van der Waals surface area contributed by atoms with Gasteiger partial charge in [0.1, 0.15) is 5.82 Å². The number of hydrogen-bond acceptors (Lipinski definition) is 5. The molecule has 2 aromatic heterocycles. The van der Waals surface area contributed by atoms with E-state index in [0.717, 1.165) is 0 Å². The maximum absolute atomic E-state index is 12.9. The average molecular weight is 453 g/mol. The predicted octanol–water partition coefficient (Wildman–Crippen LogP) is 4.07. The lowest BCUT2D eigenvalue weighted by atomic mass is 9.95. The monoisotopic (exact) mass is 452 g/mol. The van der Waals surface area contributed by atoms with Gasteiger partial charge in [-0.15, -0.1) is 0 Å². The molecule has 0 radical (unpaired) electrons. The number of carbonyl (C=O) groups excluding carboxylic acids is 3. The third-order valence-corrected chi connectivity index (χ3v) is 5.47. The number of likely N-dealkylation sites (tertiary alicyclic amines) is 1. The van der Waals surface area contributed by atoms with Crippen LogP contribution in [0.5, 0.6) is 0 Å². The van der Waals surface area contributed by atoms with Gasteiger partial charge in [0.25, 0.3) is 11.8 Å². The largest absolute Gasteiger partial charge is 0.459 e. The van der Waals surface area contributed by atoms with Crippen LogP contribution in [0.25, 0.3) is 0 Å².